The molecular weight excluding hydrogens is 456 g/mol. The van der Waals surface area contributed by atoms with Crippen molar-refractivity contribution in [3.05, 3.63) is 101 Å². The summed E-state index contributed by atoms with van der Waals surface area (Å²) in [6.45, 7) is 4.12. The van der Waals surface area contributed by atoms with Gasteiger partial charge in [-0.15, -0.1) is 0 Å². The third-order valence-electron chi connectivity index (χ3n) is 6.84. The van der Waals surface area contributed by atoms with Crippen molar-refractivity contribution in [3.63, 3.8) is 0 Å². The Hall–Kier alpha value is -3.38. The predicted molar refractivity (Wildman–Crippen MR) is 140 cm³/mol. The molecule has 0 spiro atoms. The summed E-state index contributed by atoms with van der Waals surface area (Å²) in [5.74, 6) is -0.0717. The molecule has 0 saturated heterocycles. The van der Waals surface area contributed by atoms with Gasteiger partial charge in [0, 0.05) is 41.2 Å². The highest BCUT2D eigenvalue weighted by molar-refractivity contribution is 7.91. The normalized spacial score (nSPS) is 13.8. The van der Waals surface area contributed by atoms with Crippen LogP contribution in [0.15, 0.2) is 77.7 Å². The number of aryl methyl sites for hydroxylation is 1. The van der Waals surface area contributed by atoms with Crippen LogP contribution < -0.4 is 5.32 Å². The van der Waals surface area contributed by atoms with Gasteiger partial charge in [-0.3, -0.25) is 4.79 Å². The third-order valence-corrected chi connectivity index (χ3v) is 8.59. The molecule has 4 aromatic rings. The summed E-state index contributed by atoms with van der Waals surface area (Å²) in [6.07, 6.45) is 3.28. The first-order chi connectivity index (χ1) is 16.9. The molecule has 0 radical (unpaired) electrons. The Bertz CT molecular complexity index is 1500. The maximum Gasteiger partial charge on any atom is 0.251 e. The molecule has 3 aromatic carbocycles. The Morgan fingerprint density at radius 2 is 1.74 bits per heavy atom. The number of sulfone groups is 1. The lowest BCUT2D eigenvalue weighted by Gasteiger charge is -2.11. The molecule has 1 heterocycles. The smallest absolute Gasteiger partial charge is 0.251 e. The highest BCUT2D eigenvalue weighted by atomic mass is 32.2. The molecule has 5 nitrogen and oxygen atoms in total. The number of nitrogens with zero attached hydrogens (tertiary/aromatic N) is 1. The molecule has 0 unspecified atom stereocenters. The van der Waals surface area contributed by atoms with E-state index in [9.17, 15) is 13.2 Å². The number of hydrogen-bond donors (Lipinski definition) is 1. The molecule has 0 bridgehead atoms. The number of nitrogens with one attached hydrogen (secondary N) is 1. The van der Waals surface area contributed by atoms with Crippen molar-refractivity contribution in [1.29, 1.82) is 0 Å². The van der Waals surface area contributed by atoms with Gasteiger partial charge in [-0.1, -0.05) is 43.3 Å². The molecule has 0 aliphatic heterocycles. The zero-order valence-electron chi connectivity index (χ0n) is 20.1. The SMILES string of the molecule is CCS(=O)(=O)c1ccc(CNC(=O)c2ccc3c(c2)cc(Cc2ccccc2C)n3C2CC2)cc1. The standard InChI is InChI=1S/C29H30N2O3S/c1-3-35(33,34)27-13-8-21(9-14-27)19-30-29(32)23-10-15-28-24(16-23)18-26(31(28)25-11-12-25)17-22-7-5-4-6-20(22)2/h4-10,13-16,18,25H,3,11-12,17,19H2,1-2H3,(H,30,32). The molecule has 1 amide bonds. The van der Waals surface area contributed by atoms with Crippen molar-refractivity contribution in [2.24, 2.45) is 0 Å². The topological polar surface area (TPSA) is 68.2 Å². The maximum absolute atomic E-state index is 12.9. The molecule has 5 rings (SSSR count). The number of carbonyl (C=O) groups is 1. The highest BCUT2D eigenvalue weighted by Crippen LogP contribution is 2.40. The first-order valence-electron chi connectivity index (χ1n) is 12.1. The Kier molecular flexibility index (Phi) is 6.24. The van der Waals surface area contributed by atoms with E-state index >= 15 is 0 Å². The number of rotatable bonds is 8. The minimum Gasteiger partial charge on any atom is -0.348 e. The molecule has 1 saturated carbocycles. The summed E-state index contributed by atoms with van der Waals surface area (Å²) >= 11 is 0. The molecule has 1 aliphatic rings. The molecule has 1 aliphatic carbocycles. The second-order valence-corrected chi connectivity index (χ2v) is 11.6. The van der Waals surface area contributed by atoms with Crippen molar-refractivity contribution in [1.82, 2.24) is 9.88 Å². The first kappa shape index (κ1) is 23.4. The average Bonchev–Trinajstić information content (AvgIpc) is 3.64. The van der Waals surface area contributed by atoms with Crippen LogP contribution in [0.3, 0.4) is 0 Å². The quantitative estimate of drug-likeness (QED) is 0.353. The van der Waals surface area contributed by atoms with Gasteiger partial charge in [0.1, 0.15) is 0 Å². The Morgan fingerprint density at radius 1 is 1.00 bits per heavy atom. The third kappa shape index (κ3) is 4.89. The Balaban J connectivity index is 1.34. The van der Waals surface area contributed by atoms with Crippen molar-refractivity contribution in [3.8, 4) is 0 Å². The van der Waals surface area contributed by atoms with Gasteiger partial charge in [-0.25, -0.2) is 8.42 Å². The fourth-order valence-electron chi connectivity index (χ4n) is 4.60. The zero-order chi connectivity index (χ0) is 24.6. The minimum absolute atomic E-state index is 0.0701. The Labute approximate surface area is 206 Å². The second-order valence-electron chi connectivity index (χ2n) is 9.34. The van der Waals surface area contributed by atoms with Gasteiger partial charge >= 0.3 is 0 Å². The van der Waals surface area contributed by atoms with Crippen molar-refractivity contribution in [2.75, 3.05) is 5.75 Å². The van der Waals surface area contributed by atoms with Crippen LogP contribution in [0.2, 0.25) is 0 Å². The number of hydrogen-bond acceptors (Lipinski definition) is 3. The largest absolute Gasteiger partial charge is 0.348 e. The first-order valence-corrected chi connectivity index (χ1v) is 13.8. The van der Waals surface area contributed by atoms with E-state index in [1.54, 1.807) is 31.2 Å². The number of aromatic nitrogens is 1. The van der Waals surface area contributed by atoms with Crippen LogP contribution in [0.25, 0.3) is 10.9 Å². The lowest BCUT2D eigenvalue weighted by Crippen LogP contribution is -2.22. The number of fused-ring (bicyclic) bond motifs is 1. The van der Waals surface area contributed by atoms with Gasteiger partial charge in [0.2, 0.25) is 0 Å². The lowest BCUT2D eigenvalue weighted by molar-refractivity contribution is 0.0951. The van der Waals surface area contributed by atoms with Crippen LogP contribution in [-0.4, -0.2) is 24.6 Å². The minimum atomic E-state index is -3.23. The van der Waals surface area contributed by atoms with E-state index in [0.29, 0.717) is 23.0 Å². The van der Waals surface area contributed by atoms with E-state index in [0.717, 1.165) is 17.4 Å². The molecule has 35 heavy (non-hydrogen) atoms. The van der Waals surface area contributed by atoms with Crippen LogP contribution in [0, 0.1) is 6.92 Å². The van der Waals surface area contributed by atoms with Crippen LogP contribution in [-0.2, 0) is 22.8 Å². The maximum atomic E-state index is 12.9. The van der Waals surface area contributed by atoms with E-state index in [2.05, 4.69) is 53.2 Å². The number of benzene rings is 3. The van der Waals surface area contributed by atoms with Gasteiger partial charge in [-0.2, -0.15) is 0 Å². The summed E-state index contributed by atoms with van der Waals surface area (Å²) in [4.78, 5) is 13.2. The average molecular weight is 487 g/mol. The summed E-state index contributed by atoms with van der Waals surface area (Å²) < 4.78 is 26.4. The molecule has 6 heteroatoms. The van der Waals surface area contributed by atoms with E-state index in [4.69, 9.17) is 0 Å². The summed E-state index contributed by atoms with van der Waals surface area (Å²) in [5.41, 5.74) is 6.57. The summed E-state index contributed by atoms with van der Waals surface area (Å²) in [6, 6.07) is 23.9. The van der Waals surface area contributed by atoms with Gasteiger partial charge in [0.15, 0.2) is 9.84 Å². The van der Waals surface area contributed by atoms with Crippen molar-refractivity contribution >= 4 is 26.6 Å². The molecule has 180 valence electrons. The number of carbonyl (C=O) groups excluding carboxylic acids is 1. The molecular formula is C29H30N2O3S. The van der Waals surface area contributed by atoms with E-state index in [1.165, 1.54) is 35.2 Å². The predicted octanol–water partition coefficient (Wildman–Crippen LogP) is 5.60. The van der Waals surface area contributed by atoms with E-state index in [1.807, 2.05) is 12.1 Å². The van der Waals surface area contributed by atoms with Crippen LogP contribution >= 0.6 is 0 Å². The van der Waals surface area contributed by atoms with Crippen molar-refractivity contribution in [2.45, 2.75) is 50.6 Å². The molecule has 1 N–H and O–H groups in total. The van der Waals surface area contributed by atoms with Crippen LogP contribution in [0.1, 0.15) is 58.5 Å². The van der Waals surface area contributed by atoms with Crippen LogP contribution in [0.4, 0.5) is 0 Å². The molecule has 1 aromatic heterocycles. The monoisotopic (exact) mass is 486 g/mol. The van der Waals surface area contributed by atoms with Crippen molar-refractivity contribution < 1.29 is 13.2 Å². The van der Waals surface area contributed by atoms with Gasteiger partial charge < -0.3 is 9.88 Å². The second kappa shape index (κ2) is 9.34. The highest BCUT2D eigenvalue weighted by Gasteiger charge is 2.27. The van der Waals surface area contributed by atoms with Gasteiger partial charge in [0.25, 0.3) is 5.91 Å². The van der Waals surface area contributed by atoms with Crippen LogP contribution in [0.5, 0.6) is 0 Å². The Morgan fingerprint density at radius 3 is 2.43 bits per heavy atom. The lowest BCUT2D eigenvalue weighted by atomic mass is 10.0. The van der Waals surface area contributed by atoms with E-state index in [-0.39, 0.29) is 11.7 Å². The van der Waals surface area contributed by atoms with E-state index < -0.39 is 9.84 Å². The fourth-order valence-corrected chi connectivity index (χ4v) is 5.49. The number of amides is 1. The fraction of sp³-hybridized carbons (Fsp3) is 0.276. The zero-order valence-corrected chi connectivity index (χ0v) is 20.9. The molecule has 0 atom stereocenters. The summed E-state index contributed by atoms with van der Waals surface area (Å²) in [7, 11) is -3.23. The van der Waals surface area contributed by atoms with Gasteiger partial charge in [-0.05, 0) is 72.9 Å². The molecule has 1 fully saturated rings. The van der Waals surface area contributed by atoms with Gasteiger partial charge in [0.05, 0.1) is 10.6 Å². The summed E-state index contributed by atoms with van der Waals surface area (Å²) in [5, 5.41) is 4.05.